The molecule has 9 heteroatoms. The Bertz CT molecular complexity index is 1110. The maximum absolute atomic E-state index is 14.2. The minimum atomic E-state index is -4.38. The zero-order chi connectivity index (χ0) is 25.1. The number of aryl methyl sites for hydroxylation is 1. The van der Waals surface area contributed by atoms with Crippen LogP contribution in [0.5, 0.6) is 0 Å². The molecule has 0 amide bonds. The Balaban J connectivity index is 1.73. The van der Waals surface area contributed by atoms with E-state index in [1.807, 2.05) is 36.4 Å². The summed E-state index contributed by atoms with van der Waals surface area (Å²) in [5.74, 6) is -0.108. The van der Waals surface area contributed by atoms with Crippen molar-refractivity contribution in [2.24, 2.45) is 0 Å². The molecule has 2 bridgehead atoms. The number of fused-ring (bicyclic) bond motifs is 5. The summed E-state index contributed by atoms with van der Waals surface area (Å²) in [5, 5.41) is 0. The lowest BCUT2D eigenvalue weighted by Crippen LogP contribution is -2.53. The molecule has 1 N–H and O–H groups in total. The van der Waals surface area contributed by atoms with E-state index < -0.39 is 34.3 Å². The van der Waals surface area contributed by atoms with Gasteiger partial charge in [-0.3, -0.25) is 9.88 Å². The summed E-state index contributed by atoms with van der Waals surface area (Å²) < 4.78 is 70.1. The molecule has 5 nitrogen and oxygen atoms in total. The molecule has 3 atom stereocenters. The van der Waals surface area contributed by atoms with Gasteiger partial charge in [-0.1, -0.05) is 49.6 Å². The van der Waals surface area contributed by atoms with E-state index in [1.54, 1.807) is 0 Å². The number of halogens is 3. The number of alkyl halides is 3. The predicted octanol–water partition coefficient (Wildman–Crippen LogP) is 5.11. The number of hydrogen-bond acceptors (Lipinski definition) is 4. The van der Waals surface area contributed by atoms with Crippen molar-refractivity contribution in [1.29, 1.82) is 0 Å². The van der Waals surface area contributed by atoms with E-state index in [1.165, 1.54) is 17.4 Å². The quantitative estimate of drug-likeness (QED) is 0.625. The largest absolute Gasteiger partial charge is 0.404 e. The van der Waals surface area contributed by atoms with E-state index >= 15 is 0 Å². The molecular formula is C26H34F3N3O2S. The van der Waals surface area contributed by atoms with Crippen molar-refractivity contribution in [3.05, 3.63) is 53.7 Å². The highest BCUT2D eigenvalue weighted by atomic mass is 32.2. The van der Waals surface area contributed by atoms with Crippen LogP contribution in [0, 0.1) is 0 Å². The normalized spacial score (nSPS) is 24.7. The number of hydrogen-bond donors (Lipinski definition) is 1. The number of rotatable bonds is 3. The summed E-state index contributed by atoms with van der Waals surface area (Å²) in [4.78, 5) is 6.33. The Morgan fingerprint density at radius 3 is 2.57 bits per heavy atom. The average molecular weight is 510 g/mol. The van der Waals surface area contributed by atoms with Crippen LogP contribution in [0.3, 0.4) is 0 Å². The van der Waals surface area contributed by atoms with Crippen molar-refractivity contribution in [2.45, 2.75) is 82.6 Å². The maximum Gasteiger partial charge on any atom is 0.404 e. The van der Waals surface area contributed by atoms with Crippen LogP contribution in [-0.2, 0) is 22.9 Å². The van der Waals surface area contributed by atoms with Crippen LogP contribution >= 0.6 is 0 Å². The van der Waals surface area contributed by atoms with Gasteiger partial charge in [-0.2, -0.15) is 13.2 Å². The van der Waals surface area contributed by atoms with Gasteiger partial charge in [0.25, 0.3) is 0 Å². The van der Waals surface area contributed by atoms with Crippen LogP contribution in [0.25, 0.3) is 11.3 Å². The van der Waals surface area contributed by atoms with Crippen LogP contribution in [0.4, 0.5) is 13.2 Å². The number of aromatic nitrogens is 1. The lowest BCUT2D eigenvalue weighted by molar-refractivity contribution is -0.188. The zero-order valence-electron chi connectivity index (χ0n) is 20.1. The van der Waals surface area contributed by atoms with Gasteiger partial charge in [-0.05, 0) is 50.3 Å². The third kappa shape index (κ3) is 6.43. The van der Waals surface area contributed by atoms with E-state index in [4.69, 9.17) is 4.98 Å². The molecule has 0 spiro atoms. The standard InChI is InChI=1S/C26H34F3N3O2S/c1-2-35(33,34)31-23-16-17-32-24(23)18-20-12-9-14-22(30-20)21-13-8-7-11-19(21)10-5-3-4-6-15-25(32)26(27,28)29/h7-9,11-14,23-25,31H,2-6,10,15-18H2,1H3. The van der Waals surface area contributed by atoms with Gasteiger partial charge in [0, 0.05) is 36.3 Å². The van der Waals surface area contributed by atoms with Gasteiger partial charge in [0.15, 0.2) is 0 Å². The monoisotopic (exact) mass is 509 g/mol. The highest BCUT2D eigenvalue weighted by Crippen LogP contribution is 2.36. The van der Waals surface area contributed by atoms with E-state index in [2.05, 4.69) is 10.8 Å². The van der Waals surface area contributed by atoms with Crippen LogP contribution < -0.4 is 4.72 Å². The second-order valence-corrected chi connectivity index (χ2v) is 11.6. The molecule has 1 aromatic heterocycles. The lowest BCUT2D eigenvalue weighted by atomic mass is 9.98. The highest BCUT2D eigenvalue weighted by Gasteiger charge is 2.49. The van der Waals surface area contributed by atoms with Gasteiger partial charge in [-0.15, -0.1) is 0 Å². The van der Waals surface area contributed by atoms with Crippen molar-refractivity contribution in [3.63, 3.8) is 0 Å². The van der Waals surface area contributed by atoms with Crippen LogP contribution in [0.15, 0.2) is 42.5 Å². The van der Waals surface area contributed by atoms with Gasteiger partial charge in [0.05, 0.1) is 11.4 Å². The zero-order valence-corrected chi connectivity index (χ0v) is 20.9. The Morgan fingerprint density at radius 2 is 1.80 bits per heavy atom. The van der Waals surface area contributed by atoms with Crippen LogP contribution in [0.1, 0.15) is 56.7 Å². The van der Waals surface area contributed by atoms with E-state index in [-0.39, 0.29) is 25.1 Å². The molecule has 1 saturated heterocycles. The Hall–Kier alpha value is -1.97. The fourth-order valence-corrected chi connectivity index (χ4v) is 6.35. The van der Waals surface area contributed by atoms with Gasteiger partial charge < -0.3 is 0 Å². The molecular weight excluding hydrogens is 475 g/mol. The second kappa shape index (κ2) is 11.0. The number of nitrogens with one attached hydrogen (secondary N) is 1. The summed E-state index contributed by atoms with van der Waals surface area (Å²) in [6.07, 6.45) is 0.124. The fraction of sp³-hybridized carbons (Fsp3) is 0.577. The predicted molar refractivity (Wildman–Crippen MR) is 132 cm³/mol. The first-order chi connectivity index (χ1) is 16.7. The van der Waals surface area contributed by atoms with Crippen LogP contribution in [-0.4, -0.2) is 54.9 Å². The van der Waals surface area contributed by atoms with Crippen molar-refractivity contribution in [2.75, 3.05) is 12.3 Å². The number of benzene rings is 1. The minimum absolute atomic E-state index is 0.0251. The molecule has 2 aromatic rings. The molecule has 2 aliphatic heterocycles. The average Bonchev–Trinajstić information content (AvgIpc) is 3.18. The summed E-state index contributed by atoms with van der Waals surface area (Å²) in [5.41, 5.74) is 3.71. The summed E-state index contributed by atoms with van der Waals surface area (Å²) >= 11 is 0. The van der Waals surface area contributed by atoms with Crippen molar-refractivity contribution >= 4 is 10.0 Å². The highest BCUT2D eigenvalue weighted by molar-refractivity contribution is 7.89. The first-order valence-electron chi connectivity index (χ1n) is 12.5. The molecule has 1 aromatic carbocycles. The molecule has 3 heterocycles. The smallest absolute Gasteiger partial charge is 0.287 e. The number of nitrogens with zero attached hydrogens (tertiary/aromatic N) is 2. The molecule has 3 unspecified atom stereocenters. The van der Waals surface area contributed by atoms with E-state index in [9.17, 15) is 21.6 Å². The van der Waals surface area contributed by atoms with Gasteiger partial charge >= 0.3 is 6.18 Å². The third-order valence-corrected chi connectivity index (χ3v) is 8.69. The van der Waals surface area contributed by atoms with Gasteiger partial charge in [0.1, 0.15) is 6.04 Å². The van der Waals surface area contributed by atoms with Crippen molar-refractivity contribution in [1.82, 2.24) is 14.6 Å². The van der Waals surface area contributed by atoms with Crippen molar-refractivity contribution in [3.8, 4) is 11.3 Å². The Morgan fingerprint density at radius 1 is 1.03 bits per heavy atom. The molecule has 0 aliphatic carbocycles. The summed E-state index contributed by atoms with van der Waals surface area (Å²) in [6, 6.07) is 11.0. The lowest BCUT2D eigenvalue weighted by Gasteiger charge is -2.36. The molecule has 0 saturated carbocycles. The van der Waals surface area contributed by atoms with Gasteiger partial charge in [-0.25, -0.2) is 13.1 Å². The molecule has 4 rings (SSSR count). The first-order valence-corrected chi connectivity index (χ1v) is 14.2. The number of pyridine rings is 1. The SMILES string of the molecule is CCS(=O)(=O)NC1CCN2C1Cc1cccc(n1)-c1ccccc1CCCCCCC2C(F)(F)F. The molecule has 1 fully saturated rings. The second-order valence-electron chi connectivity index (χ2n) is 9.61. The minimum Gasteiger partial charge on any atom is -0.287 e. The topological polar surface area (TPSA) is 62.3 Å². The summed E-state index contributed by atoms with van der Waals surface area (Å²) in [6.45, 7) is 1.74. The van der Waals surface area contributed by atoms with Crippen molar-refractivity contribution < 1.29 is 21.6 Å². The molecule has 2 aliphatic rings. The molecule has 0 radical (unpaired) electrons. The molecule has 35 heavy (non-hydrogen) atoms. The Labute approximate surface area is 206 Å². The maximum atomic E-state index is 14.2. The third-order valence-electron chi connectivity index (χ3n) is 7.27. The van der Waals surface area contributed by atoms with E-state index in [0.29, 0.717) is 18.5 Å². The molecule has 192 valence electrons. The fourth-order valence-electron chi connectivity index (χ4n) is 5.45. The van der Waals surface area contributed by atoms with Crippen LogP contribution in [0.2, 0.25) is 0 Å². The van der Waals surface area contributed by atoms with E-state index in [0.717, 1.165) is 36.9 Å². The Kier molecular flexibility index (Phi) is 8.18. The first kappa shape index (κ1) is 26.1. The van der Waals surface area contributed by atoms with Gasteiger partial charge in [0.2, 0.25) is 10.0 Å². The number of sulfonamides is 1. The summed E-state index contributed by atoms with van der Waals surface area (Å²) in [7, 11) is -3.56.